The van der Waals surface area contributed by atoms with Gasteiger partial charge in [0.25, 0.3) is 0 Å². The Balaban J connectivity index is 2.61. The molecule has 0 radical (unpaired) electrons. The lowest BCUT2D eigenvalue weighted by Gasteiger charge is -2.13. The van der Waals surface area contributed by atoms with Crippen molar-refractivity contribution in [2.24, 2.45) is 0 Å². The molecule has 0 aromatic heterocycles. The number of carboxylic acid groups (broad SMARTS) is 1. The number of carbonyl (C=O) groups is 2. The van der Waals surface area contributed by atoms with E-state index in [1.807, 2.05) is 0 Å². The first-order valence-electron chi connectivity index (χ1n) is 5.60. The standard InChI is InChI=1S/C13H16O4S/c1-8(2)17-13(16)9(3)18-11-6-4-10(5-7-11)12(14)15/h4-9H,1-3H3,(H,14,15). The number of thioether (sulfide) groups is 1. The van der Waals surface area contributed by atoms with Gasteiger partial charge in [-0.05, 0) is 45.0 Å². The van der Waals surface area contributed by atoms with E-state index >= 15 is 0 Å². The SMILES string of the molecule is CC(C)OC(=O)C(C)Sc1ccc(C(=O)O)cc1. The van der Waals surface area contributed by atoms with Crippen molar-refractivity contribution in [1.82, 2.24) is 0 Å². The first kappa shape index (κ1) is 14.6. The number of benzene rings is 1. The predicted octanol–water partition coefficient (Wildman–Crippen LogP) is 2.82. The number of ether oxygens (including phenoxy) is 1. The van der Waals surface area contributed by atoms with Crippen LogP contribution in [0.1, 0.15) is 31.1 Å². The molecule has 0 amide bonds. The van der Waals surface area contributed by atoms with Gasteiger partial charge in [0.1, 0.15) is 5.25 Å². The Morgan fingerprint density at radius 1 is 1.17 bits per heavy atom. The zero-order valence-electron chi connectivity index (χ0n) is 10.5. The third-order valence-corrected chi connectivity index (χ3v) is 3.19. The summed E-state index contributed by atoms with van der Waals surface area (Å²) in [5.41, 5.74) is 0.233. The molecule has 0 aliphatic heterocycles. The summed E-state index contributed by atoms with van der Waals surface area (Å²) in [6.45, 7) is 5.37. The Bertz CT molecular complexity index is 425. The van der Waals surface area contributed by atoms with E-state index in [0.29, 0.717) is 0 Å². The zero-order valence-corrected chi connectivity index (χ0v) is 11.4. The van der Waals surface area contributed by atoms with Crippen molar-refractivity contribution in [3.05, 3.63) is 29.8 Å². The molecular formula is C13H16O4S. The van der Waals surface area contributed by atoms with Gasteiger partial charge in [0, 0.05) is 4.90 Å². The molecule has 0 heterocycles. The van der Waals surface area contributed by atoms with Crippen molar-refractivity contribution in [3.8, 4) is 0 Å². The van der Waals surface area contributed by atoms with E-state index in [1.54, 1.807) is 32.9 Å². The molecule has 0 spiro atoms. The van der Waals surface area contributed by atoms with E-state index in [1.165, 1.54) is 23.9 Å². The second-order valence-electron chi connectivity index (χ2n) is 4.08. The molecule has 1 atom stereocenters. The van der Waals surface area contributed by atoms with Gasteiger partial charge in [-0.1, -0.05) is 0 Å². The van der Waals surface area contributed by atoms with E-state index in [4.69, 9.17) is 9.84 Å². The van der Waals surface area contributed by atoms with E-state index in [-0.39, 0.29) is 22.9 Å². The van der Waals surface area contributed by atoms with Gasteiger partial charge in [0.05, 0.1) is 11.7 Å². The summed E-state index contributed by atoms with van der Waals surface area (Å²) >= 11 is 1.35. The molecule has 0 saturated carbocycles. The lowest BCUT2D eigenvalue weighted by Crippen LogP contribution is -2.20. The fourth-order valence-corrected chi connectivity index (χ4v) is 2.11. The molecule has 1 aromatic carbocycles. The highest BCUT2D eigenvalue weighted by molar-refractivity contribution is 8.00. The maximum atomic E-state index is 11.6. The first-order valence-corrected chi connectivity index (χ1v) is 6.48. The van der Waals surface area contributed by atoms with Crippen molar-refractivity contribution >= 4 is 23.7 Å². The van der Waals surface area contributed by atoms with Crippen LogP contribution in [0.25, 0.3) is 0 Å². The van der Waals surface area contributed by atoms with Crippen LogP contribution in [0.4, 0.5) is 0 Å². The van der Waals surface area contributed by atoms with Crippen LogP contribution in [-0.2, 0) is 9.53 Å². The van der Waals surface area contributed by atoms with Crippen molar-refractivity contribution in [3.63, 3.8) is 0 Å². The monoisotopic (exact) mass is 268 g/mol. The Morgan fingerprint density at radius 3 is 2.17 bits per heavy atom. The minimum absolute atomic E-state index is 0.130. The normalized spacial score (nSPS) is 12.2. The van der Waals surface area contributed by atoms with Crippen LogP contribution in [-0.4, -0.2) is 28.4 Å². The molecule has 1 N–H and O–H groups in total. The molecule has 98 valence electrons. The van der Waals surface area contributed by atoms with Crippen molar-refractivity contribution in [1.29, 1.82) is 0 Å². The minimum Gasteiger partial charge on any atom is -0.478 e. The minimum atomic E-state index is -0.959. The smallest absolute Gasteiger partial charge is 0.335 e. The van der Waals surface area contributed by atoms with Crippen molar-refractivity contribution in [2.45, 2.75) is 37.0 Å². The van der Waals surface area contributed by atoms with Gasteiger partial charge in [-0.2, -0.15) is 0 Å². The van der Waals surface area contributed by atoms with E-state index in [2.05, 4.69) is 0 Å². The van der Waals surface area contributed by atoms with Crippen molar-refractivity contribution in [2.75, 3.05) is 0 Å². The molecule has 0 aliphatic rings. The second-order valence-corrected chi connectivity index (χ2v) is 5.49. The largest absolute Gasteiger partial charge is 0.478 e. The third-order valence-electron chi connectivity index (χ3n) is 2.10. The first-order chi connectivity index (χ1) is 8.40. The van der Waals surface area contributed by atoms with Gasteiger partial charge in [-0.25, -0.2) is 4.79 Å². The number of hydrogen-bond acceptors (Lipinski definition) is 4. The number of carboxylic acids is 1. The molecule has 5 heteroatoms. The average Bonchev–Trinajstić information content (AvgIpc) is 2.28. The maximum absolute atomic E-state index is 11.6. The average molecular weight is 268 g/mol. The molecular weight excluding hydrogens is 252 g/mol. The third kappa shape index (κ3) is 4.41. The van der Waals surface area contributed by atoms with E-state index < -0.39 is 5.97 Å². The Labute approximate surface area is 110 Å². The topological polar surface area (TPSA) is 63.6 Å². The molecule has 0 saturated heterocycles. The predicted molar refractivity (Wildman–Crippen MR) is 69.9 cm³/mol. The van der Waals surface area contributed by atoms with Crippen LogP contribution in [0.3, 0.4) is 0 Å². The molecule has 18 heavy (non-hydrogen) atoms. The summed E-state index contributed by atoms with van der Waals surface area (Å²) in [5.74, 6) is -1.23. The summed E-state index contributed by atoms with van der Waals surface area (Å²) in [4.78, 5) is 23.1. The lowest BCUT2D eigenvalue weighted by molar-refractivity contribution is -0.146. The molecule has 1 aromatic rings. The van der Waals surface area contributed by atoms with Gasteiger partial charge in [-0.3, -0.25) is 4.79 Å². The highest BCUT2D eigenvalue weighted by atomic mass is 32.2. The van der Waals surface area contributed by atoms with Crippen LogP contribution < -0.4 is 0 Å². The fourth-order valence-electron chi connectivity index (χ4n) is 1.26. The van der Waals surface area contributed by atoms with Gasteiger partial charge in [-0.15, -0.1) is 11.8 Å². The highest BCUT2D eigenvalue weighted by Gasteiger charge is 2.17. The Hall–Kier alpha value is -1.49. The molecule has 4 nitrogen and oxygen atoms in total. The van der Waals surface area contributed by atoms with Gasteiger partial charge >= 0.3 is 11.9 Å². The zero-order chi connectivity index (χ0) is 13.7. The van der Waals surface area contributed by atoms with Crippen LogP contribution in [0, 0.1) is 0 Å². The summed E-state index contributed by atoms with van der Waals surface area (Å²) in [6.07, 6.45) is -0.130. The van der Waals surface area contributed by atoms with Gasteiger partial charge < -0.3 is 9.84 Å². The number of carbonyl (C=O) groups excluding carboxylic acids is 1. The van der Waals surface area contributed by atoms with Crippen LogP contribution in [0.5, 0.6) is 0 Å². The fraction of sp³-hybridized carbons (Fsp3) is 0.385. The van der Waals surface area contributed by atoms with E-state index in [0.717, 1.165) is 4.90 Å². The lowest BCUT2D eigenvalue weighted by atomic mass is 10.2. The van der Waals surface area contributed by atoms with Crippen LogP contribution >= 0.6 is 11.8 Å². The quantitative estimate of drug-likeness (QED) is 0.657. The number of esters is 1. The summed E-state index contributed by atoms with van der Waals surface area (Å²) < 4.78 is 5.09. The summed E-state index contributed by atoms with van der Waals surface area (Å²) in [6, 6.07) is 6.41. The highest BCUT2D eigenvalue weighted by Crippen LogP contribution is 2.24. The van der Waals surface area contributed by atoms with Gasteiger partial charge in [0.2, 0.25) is 0 Å². The molecule has 1 rings (SSSR count). The Morgan fingerprint density at radius 2 is 1.72 bits per heavy atom. The number of rotatable bonds is 5. The molecule has 1 unspecified atom stereocenters. The van der Waals surface area contributed by atoms with Crippen LogP contribution in [0.2, 0.25) is 0 Å². The van der Waals surface area contributed by atoms with Crippen LogP contribution in [0.15, 0.2) is 29.2 Å². The summed E-state index contributed by atoms with van der Waals surface area (Å²) in [7, 11) is 0. The summed E-state index contributed by atoms with van der Waals surface area (Å²) in [5, 5.41) is 8.45. The van der Waals surface area contributed by atoms with E-state index in [9.17, 15) is 9.59 Å². The maximum Gasteiger partial charge on any atom is 0.335 e. The molecule has 0 aliphatic carbocycles. The van der Waals surface area contributed by atoms with Gasteiger partial charge in [0.15, 0.2) is 0 Å². The molecule has 0 bridgehead atoms. The number of hydrogen-bond donors (Lipinski definition) is 1. The second kappa shape index (κ2) is 6.44. The molecule has 0 fully saturated rings. The van der Waals surface area contributed by atoms with Crippen molar-refractivity contribution < 1.29 is 19.4 Å². The Kier molecular flexibility index (Phi) is 5.22. The number of aromatic carboxylic acids is 1.